The van der Waals surface area contributed by atoms with Crippen molar-refractivity contribution in [3.05, 3.63) is 29.0 Å². The fourth-order valence-corrected chi connectivity index (χ4v) is 25.7. The Kier molecular flexibility index (Phi) is 32.8. The van der Waals surface area contributed by atoms with Crippen LogP contribution in [0.1, 0.15) is 139 Å². The van der Waals surface area contributed by atoms with Crippen LogP contribution in [0.3, 0.4) is 0 Å². The van der Waals surface area contributed by atoms with Gasteiger partial charge in [-0.05, 0) is 63.7 Å². The third-order valence-electron chi connectivity index (χ3n) is 6.98. The Morgan fingerprint density at radius 1 is 0.452 bits per heavy atom. The molecule has 10 heteroatoms. The molecular formula is C32H54Br4O4Sn2. The standard InChI is InChI=1S/C8H2Br4O4.6C4H9.2Sn/c9-3-1(7(13)14)2(8(15)16)4(10)6(12)5(3)11;6*1-3-4-2;;/h(H,13,14)(H,15,16);6*1,3-4H2,2H3;;/q;;;;;;;2*+1/p-2. The van der Waals surface area contributed by atoms with Crippen molar-refractivity contribution in [3.8, 4) is 0 Å². The molecule has 242 valence electrons. The molecule has 0 radical (unpaired) electrons. The molecule has 0 atom stereocenters. The molecule has 0 aromatic heterocycles. The molecule has 0 N–H and O–H groups in total. The van der Waals surface area contributed by atoms with E-state index < -0.39 is 62.6 Å². The largest absolute Gasteiger partial charge is 0.545 e. The Morgan fingerprint density at radius 2 is 0.643 bits per heavy atom. The summed E-state index contributed by atoms with van der Waals surface area (Å²) in [5.41, 5.74) is -0.969. The molecule has 1 aromatic rings. The molecule has 0 amide bonds. The number of carbonyl (C=O) groups excluding carboxylic acids is 2. The number of carboxylic acids is 2. The van der Waals surface area contributed by atoms with Crippen molar-refractivity contribution in [2.45, 2.75) is 145 Å². The second-order valence-corrected chi connectivity index (χ2v) is 31.0. The predicted molar refractivity (Wildman–Crippen MR) is 196 cm³/mol. The topological polar surface area (TPSA) is 80.3 Å². The summed E-state index contributed by atoms with van der Waals surface area (Å²) in [6, 6.07) is 0. The minimum absolute atomic E-state index is 0.0711. The Morgan fingerprint density at radius 3 is 0.786 bits per heavy atom. The molecule has 0 fully saturated rings. The van der Waals surface area contributed by atoms with Gasteiger partial charge in [0.25, 0.3) is 0 Å². The summed E-state index contributed by atoms with van der Waals surface area (Å²) in [7, 11) is 0. The number of aromatic carboxylic acids is 2. The van der Waals surface area contributed by atoms with Crippen LogP contribution in [-0.4, -0.2) is 51.5 Å². The van der Waals surface area contributed by atoms with Crippen molar-refractivity contribution in [1.29, 1.82) is 0 Å². The Labute approximate surface area is 305 Å². The fourth-order valence-electron chi connectivity index (χ4n) is 4.33. The van der Waals surface area contributed by atoms with Gasteiger partial charge in [0.15, 0.2) is 0 Å². The van der Waals surface area contributed by atoms with E-state index in [1.54, 1.807) is 26.6 Å². The van der Waals surface area contributed by atoms with E-state index in [9.17, 15) is 19.8 Å². The van der Waals surface area contributed by atoms with Crippen LogP contribution in [0.2, 0.25) is 26.6 Å². The van der Waals surface area contributed by atoms with Gasteiger partial charge in [-0.1, -0.05) is 0 Å². The Balaban J connectivity index is 0. The van der Waals surface area contributed by atoms with Crippen molar-refractivity contribution < 1.29 is 19.8 Å². The molecule has 0 aliphatic carbocycles. The van der Waals surface area contributed by atoms with Crippen molar-refractivity contribution in [2.75, 3.05) is 0 Å². The van der Waals surface area contributed by atoms with Gasteiger partial charge in [-0.25, -0.2) is 0 Å². The maximum Gasteiger partial charge on any atom is 0.0734 e. The van der Waals surface area contributed by atoms with Crippen LogP contribution in [-0.2, 0) is 0 Å². The third-order valence-corrected chi connectivity index (χ3v) is 29.9. The molecule has 0 saturated heterocycles. The first-order valence-corrected chi connectivity index (χ1v) is 31.2. The van der Waals surface area contributed by atoms with Gasteiger partial charge < -0.3 is 19.8 Å². The molecule has 0 unspecified atom stereocenters. The minimum Gasteiger partial charge on any atom is -0.545 e. The zero-order chi connectivity index (χ0) is 32.5. The van der Waals surface area contributed by atoms with Gasteiger partial charge in [-0.2, -0.15) is 0 Å². The zero-order valence-electron chi connectivity index (χ0n) is 26.9. The maximum atomic E-state index is 10.9. The van der Waals surface area contributed by atoms with E-state index in [1.165, 1.54) is 77.0 Å². The van der Waals surface area contributed by atoms with E-state index in [-0.39, 0.29) is 8.95 Å². The number of hydrogen-bond donors (Lipinski definition) is 0. The smallest absolute Gasteiger partial charge is 0.0734 e. The van der Waals surface area contributed by atoms with Crippen molar-refractivity contribution >= 4 is 115 Å². The van der Waals surface area contributed by atoms with E-state index in [4.69, 9.17) is 0 Å². The summed E-state index contributed by atoms with van der Waals surface area (Å²) < 4.78 is 10.9. The summed E-state index contributed by atoms with van der Waals surface area (Å²) in [6.45, 7) is 14.0. The van der Waals surface area contributed by atoms with E-state index in [1.807, 2.05) is 0 Å². The molecule has 4 nitrogen and oxygen atoms in total. The normalized spacial score (nSPS) is 10.3. The van der Waals surface area contributed by atoms with E-state index in [2.05, 4.69) is 105 Å². The second kappa shape index (κ2) is 30.0. The number of hydrogen-bond acceptors (Lipinski definition) is 4. The SMILES string of the molecule is CCC[CH2][Sn+]([CH2]CCC)[CH2]CCC.CCC[CH2][Sn+]([CH2]CCC)[CH2]CCC.O=C([O-])c1c(Br)c(Br)c(Br)c(Br)c1C(=O)[O-]. The number of carboxylic acid groups (broad SMARTS) is 2. The van der Waals surface area contributed by atoms with Crippen molar-refractivity contribution in [1.82, 2.24) is 0 Å². The molecule has 0 aliphatic rings. The summed E-state index contributed by atoms with van der Waals surface area (Å²) in [6.07, 6.45) is 17.7. The van der Waals surface area contributed by atoms with Crippen LogP contribution in [0, 0.1) is 0 Å². The van der Waals surface area contributed by atoms with Crippen LogP contribution in [0.5, 0.6) is 0 Å². The zero-order valence-corrected chi connectivity index (χ0v) is 38.9. The molecule has 42 heavy (non-hydrogen) atoms. The maximum absolute atomic E-state index is 10.9. The number of rotatable bonds is 20. The van der Waals surface area contributed by atoms with Gasteiger partial charge in [0.2, 0.25) is 0 Å². The summed E-state index contributed by atoms with van der Waals surface area (Å²) in [4.78, 5) is 21.7. The van der Waals surface area contributed by atoms with Crippen molar-refractivity contribution in [2.24, 2.45) is 0 Å². The number of unbranched alkanes of at least 4 members (excludes halogenated alkanes) is 6. The summed E-state index contributed by atoms with van der Waals surface area (Å²) in [5, 5.41) is 21.7. The van der Waals surface area contributed by atoms with Gasteiger partial charge in [0, 0.05) is 29.0 Å². The first kappa shape index (κ1) is 45.8. The van der Waals surface area contributed by atoms with E-state index >= 15 is 0 Å². The number of halogens is 4. The van der Waals surface area contributed by atoms with Gasteiger partial charge in [0.1, 0.15) is 0 Å². The number of carbonyl (C=O) groups is 2. The average molecular weight is 1060 g/mol. The molecule has 1 aromatic carbocycles. The Bertz CT molecular complexity index is 765. The minimum atomic E-state index is -1.61. The first-order valence-electron chi connectivity index (χ1n) is 15.9. The van der Waals surface area contributed by atoms with E-state index in [0.717, 1.165) is 0 Å². The van der Waals surface area contributed by atoms with Gasteiger partial charge in [0.05, 0.1) is 11.9 Å². The molecule has 0 bridgehead atoms. The van der Waals surface area contributed by atoms with Crippen molar-refractivity contribution in [3.63, 3.8) is 0 Å². The van der Waals surface area contributed by atoms with Crippen LogP contribution in [0.25, 0.3) is 0 Å². The predicted octanol–water partition coefficient (Wildman–Crippen LogP) is 11.2. The van der Waals surface area contributed by atoms with Crippen LogP contribution in [0.4, 0.5) is 0 Å². The summed E-state index contributed by atoms with van der Waals surface area (Å²) >= 11 is 10.5. The van der Waals surface area contributed by atoms with Crippen LogP contribution < -0.4 is 10.2 Å². The third kappa shape index (κ3) is 20.7. The second-order valence-electron chi connectivity index (χ2n) is 10.7. The molecule has 0 aliphatic heterocycles. The molecule has 0 spiro atoms. The van der Waals surface area contributed by atoms with Gasteiger partial charge in [-0.3, -0.25) is 0 Å². The average Bonchev–Trinajstić information content (AvgIpc) is 2.97. The Hall–Kier alpha value is 1.68. The van der Waals surface area contributed by atoms with Crippen LogP contribution in [0.15, 0.2) is 17.9 Å². The van der Waals surface area contributed by atoms with Gasteiger partial charge >= 0.3 is 185 Å². The first-order chi connectivity index (χ1) is 20.0. The number of benzene rings is 1. The van der Waals surface area contributed by atoms with Gasteiger partial charge in [-0.15, -0.1) is 0 Å². The van der Waals surface area contributed by atoms with Crippen LogP contribution >= 0.6 is 63.7 Å². The molecule has 1 rings (SSSR count). The quantitative estimate of drug-likeness (QED) is 0.0740. The molecule has 0 saturated carbocycles. The monoisotopic (exact) mass is 1060 g/mol. The molecular weight excluding hydrogens is 1010 g/mol. The summed E-state index contributed by atoms with van der Waals surface area (Å²) in [5.74, 6) is -3.22. The van der Waals surface area contributed by atoms with E-state index in [0.29, 0.717) is 8.95 Å². The molecule has 0 heterocycles. The fraction of sp³-hybridized carbons (Fsp3) is 0.750.